The smallest absolute Gasteiger partial charge is 0.207 e. The number of rotatable bonds is 2. The summed E-state index contributed by atoms with van der Waals surface area (Å²) in [6.07, 6.45) is -4.40. The molecule has 1 aromatic carbocycles. The minimum absolute atomic E-state index is 0.0756. The molecule has 0 atom stereocenters. The molecule has 0 heterocycles. The molecule has 0 saturated heterocycles. The summed E-state index contributed by atoms with van der Waals surface area (Å²) in [5.41, 5.74) is -0.636. The molecule has 0 aromatic heterocycles. The van der Waals surface area contributed by atoms with Crippen molar-refractivity contribution in [3.8, 4) is 0 Å². The van der Waals surface area contributed by atoms with Gasteiger partial charge in [-0.2, -0.15) is 13.2 Å². The quantitative estimate of drug-likeness (QED) is 0.543. The van der Waals surface area contributed by atoms with Crippen molar-refractivity contribution < 1.29 is 17.6 Å². The monoisotopic (exact) mass is 250 g/mol. The maximum absolute atomic E-state index is 13.0. The van der Waals surface area contributed by atoms with Crippen LogP contribution in [0.2, 0.25) is 19.6 Å². The van der Waals surface area contributed by atoms with E-state index in [1.54, 1.807) is 0 Å². The summed E-state index contributed by atoms with van der Waals surface area (Å²) in [4.78, 5) is 0. The van der Waals surface area contributed by atoms with Crippen LogP contribution in [-0.4, -0.2) is 8.07 Å². The van der Waals surface area contributed by atoms with Crippen molar-refractivity contribution >= 4 is 8.07 Å². The fourth-order valence-corrected chi connectivity index (χ4v) is 2.99. The third kappa shape index (κ3) is 3.63. The predicted molar refractivity (Wildman–Crippen MR) is 58.5 cm³/mol. The van der Waals surface area contributed by atoms with E-state index in [0.29, 0.717) is 6.04 Å². The summed E-state index contributed by atoms with van der Waals surface area (Å²) in [5.74, 6) is -0.610. The molecule has 0 aliphatic carbocycles. The molecule has 5 heteroatoms. The van der Waals surface area contributed by atoms with E-state index in [1.165, 1.54) is 0 Å². The molecule has 0 saturated carbocycles. The Labute approximate surface area is 93.3 Å². The number of halogens is 4. The van der Waals surface area contributed by atoms with Crippen molar-refractivity contribution in [2.45, 2.75) is 31.9 Å². The minimum Gasteiger partial charge on any atom is -0.207 e. The molecule has 90 valence electrons. The molecule has 0 fully saturated rings. The van der Waals surface area contributed by atoms with Crippen LogP contribution in [0.4, 0.5) is 17.6 Å². The van der Waals surface area contributed by atoms with Crippen LogP contribution in [-0.2, 0) is 12.2 Å². The van der Waals surface area contributed by atoms with Crippen LogP contribution in [0.15, 0.2) is 18.2 Å². The Morgan fingerprint density at radius 2 is 1.69 bits per heavy atom. The lowest BCUT2D eigenvalue weighted by Crippen LogP contribution is -2.26. The lowest BCUT2D eigenvalue weighted by atomic mass is 10.1. The van der Waals surface area contributed by atoms with Gasteiger partial charge in [0.1, 0.15) is 5.82 Å². The Morgan fingerprint density at radius 1 is 1.12 bits per heavy atom. The zero-order valence-corrected chi connectivity index (χ0v) is 10.5. The van der Waals surface area contributed by atoms with Gasteiger partial charge in [0.15, 0.2) is 0 Å². The van der Waals surface area contributed by atoms with E-state index < -0.39 is 25.6 Å². The largest absolute Gasteiger partial charge is 0.416 e. The second kappa shape index (κ2) is 4.20. The number of hydrogen-bond donors (Lipinski definition) is 0. The van der Waals surface area contributed by atoms with Crippen LogP contribution in [0.1, 0.15) is 11.1 Å². The fourth-order valence-electron chi connectivity index (χ4n) is 1.56. The van der Waals surface area contributed by atoms with Crippen molar-refractivity contribution in [1.82, 2.24) is 0 Å². The van der Waals surface area contributed by atoms with Crippen molar-refractivity contribution in [3.05, 3.63) is 35.1 Å². The molecule has 0 nitrogen and oxygen atoms in total. The maximum atomic E-state index is 13.0. The third-order valence-corrected chi connectivity index (χ3v) is 3.54. The van der Waals surface area contributed by atoms with Gasteiger partial charge >= 0.3 is 6.18 Å². The summed E-state index contributed by atoms with van der Waals surface area (Å²) in [6.45, 7) is 5.87. The predicted octanol–water partition coefficient (Wildman–Crippen LogP) is 4.26. The van der Waals surface area contributed by atoms with Crippen molar-refractivity contribution in [2.75, 3.05) is 0 Å². The van der Waals surface area contributed by atoms with E-state index >= 15 is 0 Å². The number of hydrogen-bond acceptors (Lipinski definition) is 0. The second-order valence-corrected chi connectivity index (χ2v) is 10.5. The summed E-state index contributed by atoms with van der Waals surface area (Å²) < 4.78 is 50.9. The van der Waals surface area contributed by atoms with Crippen LogP contribution in [0.3, 0.4) is 0 Å². The van der Waals surface area contributed by atoms with Gasteiger partial charge in [0, 0.05) is 8.07 Å². The van der Waals surface area contributed by atoms with Gasteiger partial charge in [-0.15, -0.1) is 0 Å². The lowest BCUT2D eigenvalue weighted by Gasteiger charge is -2.19. The van der Waals surface area contributed by atoms with Crippen molar-refractivity contribution in [2.24, 2.45) is 0 Å². The molecular formula is C11H14F4Si. The van der Waals surface area contributed by atoms with Gasteiger partial charge in [-0.3, -0.25) is 0 Å². The Kier molecular flexibility index (Phi) is 3.47. The number of alkyl halides is 3. The molecule has 0 bridgehead atoms. The SMILES string of the molecule is C[Si](C)(C)Cc1cc(F)ccc1C(F)(F)F. The normalized spacial score (nSPS) is 12.9. The first-order chi connectivity index (χ1) is 7.09. The first-order valence-electron chi connectivity index (χ1n) is 4.95. The molecular weight excluding hydrogens is 236 g/mol. The van der Waals surface area contributed by atoms with Crippen molar-refractivity contribution in [1.29, 1.82) is 0 Å². The molecule has 1 aromatic rings. The first kappa shape index (κ1) is 13.2. The van der Waals surface area contributed by atoms with Gasteiger partial charge in [-0.1, -0.05) is 19.6 Å². The summed E-state index contributed by atoms with van der Waals surface area (Å²) in [5, 5.41) is 0. The maximum Gasteiger partial charge on any atom is 0.416 e. The Bertz CT molecular complexity index is 377. The minimum atomic E-state index is -4.40. The molecule has 0 unspecified atom stereocenters. The van der Waals surface area contributed by atoms with Crippen LogP contribution >= 0.6 is 0 Å². The van der Waals surface area contributed by atoms with Crippen LogP contribution in [0, 0.1) is 5.82 Å². The van der Waals surface area contributed by atoms with Gasteiger partial charge in [0.05, 0.1) is 5.56 Å². The molecule has 0 N–H and O–H groups in total. The zero-order valence-electron chi connectivity index (χ0n) is 9.45. The molecule has 0 aliphatic rings. The molecule has 1 rings (SSSR count). The van der Waals surface area contributed by atoms with E-state index in [4.69, 9.17) is 0 Å². The second-order valence-electron chi connectivity index (χ2n) is 5.04. The zero-order chi connectivity index (χ0) is 12.6. The van der Waals surface area contributed by atoms with Crippen LogP contribution < -0.4 is 0 Å². The van der Waals surface area contributed by atoms with E-state index in [-0.39, 0.29) is 5.56 Å². The summed E-state index contributed by atoms with van der Waals surface area (Å²) in [7, 11) is -1.70. The highest BCUT2D eigenvalue weighted by Gasteiger charge is 2.34. The topological polar surface area (TPSA) is 0 Å². The van der Waals surface area contributed by atoms with Gasteiger partial charge in [-0.25, -0.2) is 4.39 Å². The van der Waals surface area contributed by atoms with E-state index in [9.17, 15) is 17.6 Å². The highest BCUT2D eigenvalue weighted by Crippen LogP contribution is 2.33. The highest BCUT2D eigenvalue weighted by molar-refractivity contribution is 6.75. The van der Waals surface area contributed by atoms with Crippen molar-refractivity contribution in [3.63, 3.8) is 0 Å². The highest BCUT2D eigenvalue weighted by atomic mass is 28.3. The van der Waals surface area contributed by atoms with Gasteiger partial charge in [0.2, 0.25) is 0 Å². The molecule has 0 spiro atoms. The van der Waals surface area contributed by atoms with E-state index in [2.05, 4.69) is 0 Å². The molecule has 0 aliphatic heterocycles. The van der Waals surface area contributed by atoms with Crippen LogP contribution in [0.5, 0.6) is 0 Å². The Balaban J connectivity index is 3.19. The standard InChI is InChI=1S/C11H14F4Si/c1-16(2,3)7-8-6-9(12)4-5-10(8)11(13,14)15/h4-6H,7H2,1-3H3. The average molecular weight is 250 g/mol. The summed E-state index contributed by atoms with van der Waals surface area (Å²) in [6, 6.07) is 3.02. The molecule has 0 amide bonds. The van der Waals surface area contributed by atoms with Crippen LogP contribution in [0.25, 0.3) is 0 Å². The van der Waals surface area contributed by atoms with Gasteiger partial charge < -0.3 is 0 Å². The molecule has 16 heavy (non-hydrogen) atoms. The Hall–Kier alpha value is -0.843. The molecule has 0 radical (unpaired) electrons. The summed E-state index contributed by atoms with van der Waals surface area (Å²) >= 11 is 0. The fraction of sp³-hybridized carbons (Fsp3) is 0.455. The number of benzene rings is 1. The van der Waals surface area contributed by atoms with E-state index in [1.807, 2.05) is 19.6 Å². The third-order valence-electron chi connectivity index (χ3n) is 2.09. The first-order valence-corrected chi connectivity index (χ1v) is 8.66. The van der Waals surface area contributed by atoms with Gasteiger partial charge in [-0.05, 0) is 29.8 Å². The van der Waals surface area contributed by atoms with E-state index in [0.717, 1.165) is 18.2 Å². The average Bonchev–Trinajstić information content (AvgIpc) is 1.97. The van der Waals surface area contributed by atoms with Gasteiger partial charge in [0.25, 0.3) is 0 Å². The Morgan fingerprint density at radius 3 is 2.12 bits per heavy atom. The lowest BCUT2D eigenvalue weighted by molar-refractivity contribution is -0.138.